The molecule has 1 aromatic heterocycles. The molecule has 0 saturated heterocycles. The lowest BCUT2D eigenvalue weighted by atomic mass is 10.1. The van der Waals surface area contributed by atoms with Crippen LogP contribution in [0.3, 0.4) is 0 Å². The molecule has 0 fully saturated rings. The van der Waals surface area contributed by atoms with Gasteiger partial charge in [-0.15, -0.1) is 0 Å². The number of sulfonamides is 1. The van der Waals surface area contributed by atoms with Gasteiger partial charge in [0.25, 0.3) is 10.0 Å². The van der Waals surface area contributed by atoms with E-state index in [1.807, 2.05) is 0 Å². The third-order valence-electron chi connectivity index (χ3n) is 4.04. The number of alkyl halides is 3. The van der Waals surface area contributed by atoms with Gasteiger partial charge in [0.15, 0.2) is 0 Å². The summed E-state index contributed by atoms with van der Waals surface area (Å²) in [5.74, 6) is -3.96. The maximum Gasteiger partial charge on any atom is 0.419 e. The number of nitrogens with one attached hydrogen (secondary N) is 2. The number of halogens is 6. The number of hydrogen-bond acceptors (Lipinski definition) is 3. The zero-order valence-corrected chi connectivity index (χ0v) is 15.8. The first-order chi connectivity index (χ1) is 13.9. The van der Waals surface area contributed by atoms with Gasteiger partial charge in [-0.2, -0.15) is 13.2 Å². The van der Waals surface area contributed by atoms with Crippen LogP contribution >= 0.6 is 0 Å². The highest BCUT2D eigenvalue weighted by atomic mass is 32.2. The summed E-state index contributed by atoms with van der Waals surface area (Å²) >= 11 is 0. The van der Waals surface area contributed by atoms with Crippen molar-refractivity contribution in [1.82, 2.24) is 4.98 Å². The summed E-state index contributed by atoms with van der Waals surface area (Å²) in [6.45, 7) is 0. The lowest BCUT2D eigenvalue weighted by Crippen LogP contribution is -2.15. The molecule has 0 spiro atoms. The van der Waals surface area contributed by atoms with Gasteiger partial charge in [0.2, 0.25) is 0 Å². The number of benzene rings is 2. The zero-order valence-electron chi connectivity index (χ0n) is 14.9. The molecule has 12 heteroatoms. The smallest absolute Gasteiger partial charge is 0.419 e. The molecule has 0 aliphatic rings. The minimum absolute atomic E-state index is 0.00371. The lowest BCUT2D eigenvalue weighted by Gasteiger charge is -2.12. The Balaban J connectivity index is 1.92. The second-order valence-corrected chi connectivity index (χ2v) is 7.69. The first-order valence-corrected chi connectivity index (χ1v) is 9.52. The number of anilines is 1. The average Bonchev–Trinajstić information content (AvgIpc) is 3.14. The molecular weight excluding hydrogens is 438 g/mol. The molecule has 0 amide bonds. The van der Waals surface area contributed by atoms with E-state index in [0.717, 1.165) is 18.3 Å². The highest BCUT2D eigenvalue weighted by Gasteiger charge is 2.35. The Labute approximate surface area is 166 Å². The summed E-state index contributed by atoms with van der Waals surface area (Å²) in [5, 5.41) is 0. The molecular formula is C18H12F6N2O3S. The molecule has 0 saturated carbocycles. The topological polar surface area (TPSA) is 71.2 Å². The van der Waals surface area contributed by atoms with Crippen molar-refractivity contribution in [2.45, 2.75) is 11.1 Å². The first-order valence-electron chi connectivity index (χ1n) is 8.04. The van der Waals surface area contributed by atoms with Crippen LogP contribution in [0.15, 0.2) is 47.5 Å². The van der Waals surface area contributed by atoms with Crippen molar-refractivity contribution in [2.75, 3.05) is 11.8 Å². The third-order valence-corrected chi connectivity index (χ3v) is 5.38. The molecule has 2 aromatic carbocycles. The van der Waals surface area contributed by atoms with Gasteiger partial charge in [-0.1, -0.05) is 0 Å². The van der Waals surface area contributed by atoms with E-state index in [0.29, 0.717) is 0 Å². The highest BCUT2D eigenvalue weighted by molar-refractivity contribution is 7.92. The van der Waals surface area contributed by atoms with Crippen molar-refractivity contribution in [3.63, 3.8) is 0 Å². The van der Waals surface area contributed by atoms with E-state index in [1.54, 1.807) is 4.72 Å². The summed E-state index contributed by atoms with van der Waals surface area (Å²) < 4.78 is 111. The minimum Gasteiger partial charge on any atom is -0.497 e. The summed E-state index contributed by atoms with van der Waals surface area (Å²) in [6, 6.07) is 4.80. The van der Waals surface area contributed by atoms with E-state index in [9.17, 15) is 34.8 Å². The van der Waals surface area contributed by atoms with E-state index >= 15 is 0 Å². The van der Waals surface area contributed by atoms with Crippen LogP contribution in [0.5, 0.6) is 5.75 Å². The molecule has 5 nitrogen and oxygen atoms in total. The largest absolute Gasteiger partial charge is 0.497 e. The van der Waals surface area contributed by atoms with Gasteiger partial charge >= 0.3 is 6.18 Å². The van der Waals surface area contributed by atoms with Crippen LogP contribution in [0.25, 0.3) is 11.3 Å². The Morgan fingerprint density at radius 1 is 0.967 bits per heavy atom. The highest BCUT2D eigenvalue weighted by Crippen LogP contribution is 2.34. The predicted octanol–water partition coefficient (Wildman–Crippen LogP) is 4.93. The van der Waals surface area contributed by atoms with Crippen LogP contribution in [0.4, 0.5) is 32.0 Å². The molecule has 30 heavy (non-hydrogen) atoms. The molecule has 0 bridgehead atoms. The Kier molecular flexibility index (Phi) is 5.46. The van der Waals surface area contributed by atoms with Gasteiger partial charge in [0.05, 0.1) is 18.4 Å². The maximum absolute atomic E-state index is 14.2. The first kappa shape index (κ1) is 21.6. The molecule has 0 radical (unpaired) electrons. The maximum atomic E-state index is 14.2. The van der Waals surface area contributed by atoms with Gasteiger partial charge < -0.3 is 9.72 Å². The Bertz CT molecular complexity index is 1210. The number of rotatable bonds is 5. The number of hydrogen-bond donors (Lipinski definition) is 2. The molecule has 3 rings (SSSR count). The van der Waals surface area contributed by atoms with Crippen molar-refractivity contribution >= 4 is 15.7 Å². The fourth-order valence-corrected chi connectivity index (χ4v) is 3.62. The van der Waals surface area contributed by atoms with Gasteiger partial charge in [-0.3, -0.25) is 4.72 Å². The van der Waals surface area contributed by atoms with Crippen molar-refractivity contribution < 1.29 is 39.5 Å². The molecule has 1 heterocycles. The summed E-state index contributed by atoms with van der Waals surface area (Å²) in [5.41, 5.74) is -2.83. The molecule has 160 valence electrons. The number of H-pyrrole nitrogens is 1. The number of aromatic nitrogens is 1. The SMILES string of the molecule is COc1ccc(-c2cc(S(=O)(=O)Nc3cc(F)c(C(F)(F)F)cc3F)c[nH]2)c(F)c1. The summed E-state index contributed by atoms with van der Waals surface area (Å²) in [4.78, 5) is 2.05. The zero-order chi connectivity index (χ0) is 22.3. The van der Waals surface area contributed by atoms with Crippen LogP contribution < -0.4 is 9.46 Å². The molecule has 0 aliphatic heterocycles. The second-order valence-electron chi connectivity index (χ2n) is 6.01. The molecule has 2 N–H and O–H groups in total. The number of aromatic amines is 1. The van der Waals surface area contributed by atoms with Crippen LogP contribution in [-0.4, -0.2) is 20.5 Å². The van der Waals surface area contributed by atoms with Crippen molar-refractivity contribution in [3.05, 3.63) is 65.6 Å². The Hall–Kier alpha value is -3.15. The number of ether oxygens (including phenoxy) is 1. The van der Waals surface area contributed by atoms with E-state index < -0.39 is 49.8 Å². The fourth-order valence-electron chi connectivity index (χ4n) is 2.57. The second kappa shape index (κ2) is 7.59. The predicted molar refractivity (Wildman–Crippen MR) is 94.9 cm³/mol. The quantitative estimate of drug-likeness (QED) is 0.542. The van der Waals surface area contributed by atoms with Crippen LogP contribution in [0.2, 0.25) is 0 Å². The van der Waals surface area contributed by atoms with E-state index in [1.165, 1.54) is 19.2 Å². The van der Waals surface area contributed by atoms with Gasteiger partial charge in [0, 0.05) is 29.6 Å². The standard InChI is InChI=1S/C18H12F6N2O3S/c1-29-9-2-3-11(13(19)4-9)16-5-10(8-25-16)30(27,28)26-17-7-14(20)12(6-15(17)21)18(22,23)24/h2-8,25-26H,1H3. The van der Waals surface area contributed by atoms with E-state index in [4.69, 9.17) is 4.74 Å². The molecule has 3 aromatic rings. The number of methoxy groups -OCH3 is 1. The average molecular weight is 450 g/mol. The fraction of sp³-hybridized carbons (Fsp3) is 0.111. The van der Waals surface area contributed by atoms with Gasteiger partial charge in [0.1, 0.15) is 28.1 Å². The Morgan fingerprint density at radius 2 is 1.67 bits per heavy atom. The third kappa shape index (κ3) is 4.22. The van der Waals surface area contributed by atoms with E-state index in [2.05, 4.69) is 4.98 Å². The van der Waals surface area contributed by atoms with Crippen molar-refractivity contribution in [2.24, 2.45) is 0 Å². The summed E-state index contributed by atoms with van der Waals surface area (Å²) in [6.07, 6.45) is -4.19. The lowest BCUT2D eigenvalue weighted by molar-refractivity contribution is -0.140. The van der Waals surface area contributed by atoms with Crippen LogP contribution in [0.1, 0.15) is 5.56 Å². The normalized spacial score (nSPS) is 12.1. The van der Waals surface area contributed by atoms with E-state index in [-0.39, 0.29) is 29.1 Å². The van der Waals surface area contributed by atoms with Crippen molar-refractivity contribution in [1.29, 1.82) is 0 Å². The van der Waals surface area contributed by atoms with Crippen molar-refractivity contribution in [3.8, 4) is 17.0 Å². The Morgan fingerprint density at radius 3 is 2.27 bits per heavy atom. The monoisotopic (exact) mass is 450 g/mol. The van der Waals surface area contributed by atoms with Gasteiger partial charge in [-0.25, -0.2) is 21.6 Å². The summed E-state index contributed by atoms with van der Waals surface area (Å²) in [7, 11) is -3.19. The molecule has 0 atom stereocenters. The molecule has 0 unspecified atom stereocenters. The van der Waals surface area contributed by atoms with Gasteiger partial charge in [-0.05, 0) is 24.3 Å². The molecule has 0 aliphatic carbocycles. The minimum atomic E-state index is -5.15. The van der Waals surface area contributed by atoms with Crippen LogP contribution in [-0.2, 0) is 16.2 Å². The van der Waals surface area contributed by atoms with Crippen LogP contribution in [0, 0.1) is 17.5 Å².